The van der Waals surface area contributed by atoms with Crippen LogP contribution < -0.4 is 20.1 Å². The van der Waals surface area contributed by atoms with Crippen molar-refractivity contribution in [3.05, 3.63) is 83.4 Å². The number of hydrogen-bond donors (Lipinski definition) is 2. The molecule has 3 rings (SSSR count). The molecule has 0 aromatic heterocycles. The Kier molecular flexibility index (Phi) is 7.29. The van der Waals surface area contributed by atoms with E-state index in [4.69, 9.17) is 21.1 Å². The minimum Gasteiger partial charge on any atom is -0.492 e. The summed E-state index contributed by atoms with van der Waals surface area (Å²) in [6.45, 7) is 2.22. The maximum Gasteiger partial charge on any atom is 0.262 e. The van der Waals surface area contributed by atoms with Gasteiger partial charge in [0.15, 0.2) is 6.61 Å². The van der Waals surface area contributed by atoms with E-state index < -0.39 is 0 Å². The van der Waals surface area contributed by atoms with Crippen molar-refractivity contribution in [1.82, 2.24) is 0 Å². The van der Waals surface area contributed by atoms with Crippen LogP contribution in [-0.4, -0.2) is 25.0 Å². The molecule has 0 bridgehead atoms. The molecule has 0 heterocycles. The molecule has 0 spiro atoms. The van der Waals surface area contributed by atoms with E-state index in [0.717, 1.165) is 0 Å². The Balaban J connectivity index is 1.54. The highest BCUT2D eigenvalue weighted by Gasteiger charge is 2.10. The van der Waals surface area contributed by atoms with Gasteiger partial charge in [-0.25, -0.2) is 0 Å². The molecule has 2 N–H and O–H groups in total. The lowest BCUT2D eigenvalue weighted by atomic mass is 10.2. The average molecular weight is 425 g/mol. The van der Waals surface area contributed by atoms with Crippen LogP contribution in [0.5, 0.6) is 11.5 Å². The second kappa shape index (κ2) is 10.3. The number of halogens is 1. The Labute approximate surface area is 179 Å². The summed E-state index contributed by atoms with van der Waals surface area (Å²) in [6, 6.07) is 20.6. The van der Waals surface area contributed by atoms with Gasteiger partial charge in [0.2, 0.25) is 0 Å². The first-order chi connectivity index (χ1) is 14.5. The fraction of sp³-hybridized carbons (Fsp3) is 0.130. The van der Waals surface area contributed by atoms with Gasteiger partial charge in [0, 0.05) is 16.3 Å². The number of carbonyl (C=O) groups excluding carboxylic acids is 2. The van der Waals surface area contributed by atoms with Crippen molar-refractivity contribution >= 4 is 34.8 Å². The van der Waals surface area contributed by atoms with Crippen LogP contribution in [0, 0.1) is 0 Å². The van der Waals surface area contributed by atoms with Crippen LogP contribution in [0.15, 0.2) is 72.8 Å². The molecule has 2 amide bonds. The lowest BCUT2D eigenvalue weighted by Gasteiger charge is -2.11. The van der Waals surface area contributed by atoms with Gasteiger partial charge in [-0.15, -0.1) is 0 Å². The van der Waals surface area contributed by atoms with E-state index in [1.165, 1.54) is 0 Å². The van der Waals surface area contributed by atoms with Gasteiger partial charge in [-0.05, 0) is 61.5 Å². The molecule has 30 heavy (non-hydrogen) atoms. The number of nitrogens with one attached hydrogen (secondary N) is 2. The summed E-state index contributed by atoms with van der Waals surface area (Å²) in [4.78, 5) is 24.5. The SMILES string of the molecule is CCOc1ccccc1NC(=O)c1ccc(OCC(=O)Nc2cccc(Cl)c2)cc1. The highest BCUT2D eigenvalue weighted by atomic mass is 35.5. The summed E-state index contributed by atoms with van der Waals surface area (Å²) in [5, 5.41) is 6.07. The van der Waals surface area contributed by atoms with Crippen molar-refractivity contribution in [2.75, 3.05) is 23.8 Å². The quantitative estimate of drug-likeness (QED) is 0.533. The van der Waals surface area contributed by atoms with Crippen LogP contribution in [0.1, 0.15) is 17.3 Å². The summed E-state index contributed by atoms with van der Waals surface area (Å²) in [7, 11) is 0. The molecule has 6 nitrogen and oxygen atoms in total. The number of benzene rings is 3. The minimum atomic E-state index is -0.313. The Morgan fingerprint density at radius 1 is 0.900 bits per heavy atom. The van der Waals surface area contributed by atoms with Crippen molar-refractivity contribution in [3.8, 4) is 11.5 Å². The number of amides is 2. The lowest BCUT2D eigenvalue weighted by molar-refractivity contribution is -0.118. The summed E-state index contributed by atoms with van der Waals surface area (Å²) in [5.41, 5.74) is 1.65. The Morgan fingerprint density at radius 2 is 1.67 bits per heavy atom. The first-order valence-corrected chi connectivity index (χ1v) is 9.74. The number of carbonyl (C=O) groups is 2. The Morgan fingerprint density at radius 3 is 2.40 bits per heavy atom. The summed E-state index contributed by atoms with van der Waals surface area (Å²) in [5.74, 6) is 0.501. The molecule has 0 radical (unpaired) electrons. The first-order valence-electron chi connectivity index (χ1n) is 9.36. The highest BCUT2D eigenvalue weighted by Crippen LogP contribution is 2.24. The lowest BCUT2D eigenvalue weighted by Crippen LogP contribution is -2.20. The topological polar surface area (TPSA) is 76.7 Å². The Bertz CT molecular complexity index is 1020. The van der Waals surface area contributed by atoms with Gasteiger partial charge < -0.3 is 20.1 Å². The molecule has 0 saturated carbocycles. The molecule has 0 aliphatic heterocycles. The zero-order valence-electron chi connectivity index (χ0n) is 16.4. The van der Waals surface area contributed by atoms with Gasteiger partial charge >= 0.3 is 0 Å². The third kappa shape index (κ3) is 5.99. The number of para-hydroxylation sites is 2. The van der Waals surface area contributed by atoms with E-state index in [0.29, 0.717) is 40.1 Å². The van der Waals surface area contributed by atoms with Crippen molar-refractivity contribution in [1.29, 1.82) is 0 Å². The van der Waals surface area contributed by atoms with Crippen LogP contribution >= 0.6 is 11.6 Å². The third-order valence-electron chi connectivity index (χ3n) is 4.03. The zero-order valence-corrected chi connectivity index (χ0v) is 17.1. The predicted octanol–water partition coefficient (Wildman–Crippen LogP) is 5.01. The molecule has 0 saturated heterocycles. The van der Waals surface area contributed by atoms with Gasteiger partial charge in [-0.2, -0.15) is 0 Å². The summed E-state index contributed by atoms with van der Waals surface area (Å²) >= 11 is 5.89. The molecule has 3 aromatic rings. The van der Waals surface area contributed by atoms with E-state index in [1.807, 2.05) is 19.1 Å². The highest BCUT2D eigenvalue weighted by molar-refractivity contribution is 6.30. The van der Waals surface area contributed by atoms with Crippen LogP contribution in [-0.2, 0) is 4.79 Å². The monoisotopic (exact) mass is 424 g/mol. The van der Waals surface area contributed by atoms with Gasteiger partial charge in [0.1, 0.15) is 11.5 Å². The van der Waals surface area contributed by atoms with Crippen molar-refractivity contribution in [3.63, 3.8) is 0 Å². The minimum absolute atomic E-state index is 0.167. The number of hydrogen-bond acceptors (Lipinski definition) is 4. The fourth-order valence-corrected chi connectivity index (χ4v) is 2.85. The number of ether oxygens (including phenoxy) is 2. The Hall–Kier alpha value is -3.51. The van der Waals surface area contributed by atoms with Gasteiger partial charge in [-0.1, -0.05) is 29.8 Å². The van der Waals surface area contributed by atoms with Gasteiger partial charge in [-0.3, -0.25) is 9.59 Å². The predicted molar refractivity (Wildman–Crippen MR) is 118 cm³/mol. The molecule has 154 valence electrons. The molecule has 3 aromatic carbocycles. The molecule has 7 heteroatoms. The molecular weight excluding hydrogens is 404 g/mol. The second-order valence-corrected chi connectivity index (χ2v) is 6.69. The first kappa shape index (κ1) is 21.2. The van der Waals surface area contributed by atoms with Crippen LogP contribution in [0.3, 0.4) is 0 Å². The van der Waals surface area contributed by atoms with Crippen molar-refractivity contribution in [2.45, 2.75) is 6.92 Å². The van der Waals surface area contributed by atoms with Gasteiger partial charge in [0.25, 0.3) is 11.8 Å². The summed E-state index contributed by atoms with van der Waals surface area (Å²) in [6.07, 6.45) is 0. The van der Waals surface area contributed by atoms with E-state index in [9.17, 15) is 9.59 Å². The molecule has 0 atom stereocenters. The average Bonchev–Trinajstić information content (AvgIpc) is 2.74. The van der Waals surface area contributed by atoms with E-state index in [-0.39, 0.29) is 18.4 Å². The van der Waals surface area contributed by atoms with Crippen LogP contribution in [0.2, 0.25) is 5.02 Å². The standard InChI is InChI=1S/C23H21ClN2O4/c1-2-29-21-9-4-3-8-20(21)26-23(28)16-10-12-19(13-11-16)30-15-22(27)25-18-7-5-6-17(24)14-18/h3-14H,2,15H2,1H3,(H,25,27)(H,26,28). The third-order valence-corrected chi connectivity index (χ3v) is 4.27. The maximum absolute atomic E-state index is 12.5. The molecule has 0 fully saturated rings. The van der Waals surface area contributed by atoms with Crippen LogP contribution in [0.4, 0.5) is 11.4 Å². The smallest absolute Gasteiger partial charge is 0.262 e. The van der Waals surface area contributed by atoms with E-state index >= 15 is 0 Å². The summed E-state index contributed by atoms with van der Waals surface area (Å²) < 4.78 is 11.0. The zero-order chi connectivity index (χ0) is 21.3. The molecule has 0 aliphatic carbocycles. The van der Waals surface area contributed by atoms with Crippen LogP contribution in [0.25, 0.3) is 0 Å². The van der Waals surface area contributed by atoms with E-state index in [1.54, 1.807) is 60.7 Å². The maximum atomic E-state index is 12.5. The van der Waals surface area contributed by atoms with E-state index in [2.05, 4.69) is 10.6 Å². The normalized spacial score (nSPS) is 10.2. The van der Waals surface area contributed by atoms with Crippen molar-refractivity contribution in [2.24, 2.45) is 0 Å². The fourth-order valence-electron chi connectivity index (χ4n) is 2.66. The largest absolute Gasteiger partial charge is 0.492 e. The second-order valence-electron chi connectivity index (χ2n) is 6.25. The molecular formula is C23H21ClN2O4. The number of rotatable bonds is 8. The number of anilines is 2. The van der Waals surface area contributed by atoms with Gasteiger partial charge in [0.05, 0.1) is 12.3 Å². The molecule has 0 aliphatic rings. The molecule has 0 unspecified atom stereocenters. The van der Waals surface area contributed by atoms with Crippen molar-refractivity contribution < 1.29 is 19.1 Å².